The van der Waals surface area contributed by atoms with Gasteiger partial charge in [-0.1, -0.05) is 25.8 Å². The van der Waals surface area contributed by atoms with Gasteiger partial charge >= 0.3 is 0 Å². The Labute approximate surface area is 196 Å². The van der Waals surface area contributed by atoms with Gasteiger partial charge in [0.05, 0.1) is 5.56 Å². The fourth-order valence-electron chi connectivity index (χ4n) is 5.10. The van der Waals surface area contributed by atoms with E-state index in [0.29, 0.717) is 23.5 Å². The number of carbonyl (C=O) groups is 1. The SMILES string of the molecule is CC1CN(c2ncccc2C(=O)NS(=O)(=O)c2cccc(NCC3CCCC3)n2)C(C)(C)C1. The molecule has 0 spiro atoms. The maximum Gasteiger partial charge on any atom is 0.281 e. The van der Waals surface area contributed by atoms with Crippen LogP contribution in [0.3, 0.4) is 0 Å². The molecule has 1 unspecified atom stereocenters. The summed E-state index contributed by atoms with van der Waals surface area (Å²) in [4.78, 5) is 23.9. The van der Waals surface area contributed by atoms with Gasteiger partial charge in [0.2, 0.25) is 0 Å². The average molecular weight is 472 g/mol. The van der Waals surface area contributed by atoms with Crippen molar-refractivity contribution >= 4 is 27.6 Å². The van der Waals surface area contributed by atoms with E-state index >= 15 is 0 Å². The van der Waals surface area contributed by atoms with Crippen LogP contribution in [0.25, 0.3) is 0 Å². The summed E-state index contributed by atoms with van der Waals surface area (Å²) < 4.78 is 28.2. The molecule has 9 heteroatoms. The lowest BCUT2D eigenvalue weighted by Gasteiger charge is -2.33. The van der Waals surface area contributed by atoms with Gasteiger partial charge in [-0.3, -0.25) is 4.79 Å². The quantitative estimate of drug-likeness (QED) is 0.632. The first kappa shape index (κ1) is 23.5. The first-order valence-electron chi connectivity index (χ1n) is 11.7. The number of hydrogen-bond acceptors (Lipinski definition) is 7. The molecule has 1 aliphatic heterocycles. The summed E-state index contributed by atoms with van der Waals surface area (Å²) in [5.41, 5.74) is 0.0569. The predicted octanol–water partition coefficient (Wildman–Crippen LogP) is 3.82. The normalized spacial score (nSPS) is 20.7. The molecule has 8 nitrogen and oxygen atoms in total. The highest BCUT2D eigenvalue weighted by molar-refractivity contribution is 7.90. The maximum absolute atomic E-state index is 13.1. The molecular formula is C24H33N5O3S. The largest absolute Gasteiger partial charge is 0.370 e. The van der Waals surface area contributed by atoms with Crippen LogP contribution in [0, 0.1) is 11.8 Å². The lowest BCUT2D eigenvalue weighted by Crippen LogP contribution is -2.41. The summed E-state index contributed by atoms with van der Waals surface area (Å²) in [5.74, 6) is 1.32. The minimum Gasteiger partial charge on any atom is -0.370 e. The standard InChI is InChI=1S/C24H33N5O3S/c1-17-14-24(2,3)29(16-17)22-19(10-7-13-25-22)23(30)28-33(31,32)21-12-6-11-20(27-21)26-15-18-8-4-5-9-18/h6-7,10-13,17-18H,4-5,8-9,14-16H2,1-3H3,(H,26,27)(H,28,30). The molecule has 33 heavy (non-hydrogen) atoms. The minimum absolute atomic E-state index is 0.178. The van der Waals surface area contributed by atoms with Gasteiger partial charge in [0.15, 0.2) is 5.03 Å². The van der Waals surface area contributed by atoms with Crippen LogP contribution in [-0.2, 0) is 10.0 Å². The van der Waals surface area contributed by atoms with E-state index in [1.54, 1.807) is 30.5 Å². The highest BCUT2D eigenvalue weighted by Gasteiger charge is 2.39. The summed E-state index contributed by atoms with van der Waals surface area (Å²) in [6, 6.07) is 8.02. The van der Waals surface area contributed by atoms with Crippen molar-refractivity contribution in [1.29, 1.82) is 0 Å². The van der Waals surface area contributed by atoms with Gasteiger partial charge in [0.25, 0.3) is 15.9 Å². The summed E-state index contributed by atoms with van der Waals surface area (Å²) in [6.07, 6.45) is 7.44. The van der Waals surface area contributed by atoms with Crippen LogP contribution in [0.5, 0.6) is 0 Å². The fourth-order valence-corrected chi connectivity index (χ4v) is 6.04. The van der Waals surface area contributed by atoms with E-state index < -0.39 is 15.9 Å². The zero-order valence-corrected chi connectivity index (χ0v) is 20.4. The van der Waals surface area contributed by atoms with Crippen LogP contribution in [0.2, 0.25) is 0 Å². The Balaban J connectivity index is 1.51. The molecule has 1 amide bonds. The van der Waals surface area contributed by atoms with E-state index in [1.165, 1.54) is 31.7 Å². The van der Waals surface area contributed by atoms with Gasteiger partial charge in [-0.05, 0) is 69.2 Å². The van der Waals surface area contributed by atoms with Crippen LogP contribution in [-0.4, -0.2) is 42.9 Å². The lowest BCUT2D eigenvalue weighted by molar-refractivity contribution is 0.0981. The van der Waals surface area contributed by atoms with Gasteiger partial charge in [-0.2, -0.15) is 8.42 Å². The maximum atomic E-state index is 13.1. The summed E-state index contributed by atoms with van der Waals surface area (Å²) in [7, 11) is -4.14. The molecule has 3 heterocycles. The van der Waals surface area contributed by atoms with Crippen LogP contribution in [0.15, 0.2) is 41.6 Å². The zero-order chi connectivity index (χ0) is 23.6. The number of nitrogens with one attached hydrogen (secondary N) is 2. The molecule has 1 saturated carbocycles. The van der Waals surface area contributed by atoms with Crippen molar-refractivity contribution in [3.63, 3.8) is 0 Å². The Kier molecular flexibility index (Phi) is 6.61. The highest BCUT2D eigenvalue weighted by atomic mass is 32.2. The molecule has 1 atom stereocenters. The van der Waals surface area contributed by atoms with Crippen LogP contribution >= 0.6 is 0 Å². The number of anilines is 2. The summed E-state index contributed by atoms with van der Waals surface area (Å²) in [6.45, 7) is 7.91. The molecule has 2 aromatic heterocycles. The van der Waals surface area contributed by atoms with Crippen molar-refractivity contribution in [2.24, 2.45) is 11.8 Å². The molecule has 0 bridgehead atoms. The second-order valence-corrected chi connectivity index (χ2v) is 11.6. The molecule has 2 N–H and O–H groups in total. The molecule has 0 radical (unpaired) electrons. The van der Waals surface area contributed by atoms with E-state index in [0.717, 1.165) is 19.5 Å². The van der Waals surface area contributed by atoms with E-state index in [9.17, 15) is 13.2 Å². The Morgan fingerprint density at radius 3 is 2.64 bits per heavy atom. The highest BCUT2D eigenvalue weighted by Crippen LogP contribution is 2.37. The van der Waals surface area contributed by atoms with Crippen molar-refractivity contribution in [3.8, 4) is 0 Å². The number of nitrogens with zero attached hydrogens (tertiary/aromatic N) is 3. The van der Waals surface area contributed by atoms with E-state index in [2.05, 4.69) is 45.7 Å². The van der Waals surface area contributed by atoms with Gasteiger partial charge in [0, 0.05) is 24.8 Å². The molecular weight excluding hydrogens is 438 g/mol. The second-order valence-electron chi connectivity index (χ2n) is 9.93. The molecule has 2 aromatic rings. The van der Waals surface area contributed by atoms with Crippen molar-refractivity contribution in [1.82, 2.24) is 14.7 Å². The molecule has 1 saturated heterocycles. The minimum atomic E-state index is -4.14. The van der Waals surface area contributed by atoms with Crippen molar-refractivity contribution in [3.05, 3.63) is 42.1 Å². The van der Waals surface area contributed by atoms with Gasteiger partial charge in [0.1, 0.15) is 11.6 Å². The molecule has 178 valence electrons. The molecule has 2 aliphatic rings. The van der Waals surface area contributed by atoms with Crippen molar-refractivity contribution in [2.75, 3.05) is 23.3 Å². The molecule has 4 rings (SSSR count). The van der Waals surface area contributed by atoms with Crippen LogP contribution in [0.4, 0.5) is 11.6 Å². The van der Waals surface area contributed by atoms with Crippen LogP contribution in [0.1, 0.15) is 63.2 Å². The third-order valence-corrected chi connectivity index (χ3v) is 7.86. The number of amides is 1. The van der Waals surface area contributed by atoms with E-state index in [1.807, 2.05) is 0 Å². The third-order valence-electron chi connectivity index (χ3n) is 6.63. The van der Waals surface area contributed by atoms with E-state index in [4.69, 9.17) is 0 Å². The monoisotopic (exact) mass is 471 g/mol. The smallest absolute Gasteiger partial charge is 0.281 e. The van der Waals surface area contributed by atoms with Crippen molar-refractivity contribution < 1.29 is 13.2 Å². The molecule has 0 aromatic carbocycles. The predicted molar refractivity (Wildman–Crippen MR) is 129 cm³/mol. The topological polar surface area (TPSA) is 104 Å². The Bertz CT molecular complexity index is 1110. The second kappa shape index (κ2) is 9.29. The lowest BCUT2D eigenvalue weighted by atomic mass is 9.97. The number of pyridine rings is 2. The first-order valence-corrected chi connectivity index (χ1v) is 13.1. The number of hydrogen-bond donors (Lipinski definition) is 2. The fraction of sp³-hybridized carbons (Fsp3) is 0.542. The summed E-state index contributed by atoms with van der Waals surface area (Å²) >= 11 is 0. The number of rotatable bonds is 7. The Hall–Kier alpha value is -2.68. The number of carbonyl (C=O) groups excluding carboxylic acids is 1. The molecule has 1 aliphatic carbocycles. The first-order chi connectivity index (χ1) is 15.7. The van der Waals surface area contributed by atoms with Crippen LogP contribution < -0.4 is 14.9 Å². The van der Waals surface area contributed by atoms with Gasteiger partial charge < -0.3 is 10.2 Å². The molecule has 2 fully saturated rings. The van der Waals surface area contributed by atoms with Gasteiger partial charge in [-0.25, -0.2) is 14.7 Å². The average Bonchev–Trinajstić information content (AvgIpc) is 3.38. The van der Waals surface area contributed by atoms with E-state index in [-0.39, 0.29) is 16.1 Å². The number of sulfonamides is 1. The summed E-state index contributed by atoms with van der Waals surface area (Å²) in [5, 5.41) is 3.05. The Morgan fingerprint density at radius 1 is 1.18 bits per heavy atom. The third kappa shape index (κ3) is 5.29. The Morgan fingerprint density at radius 2 is 1.94 bits per heavy atom. The van der Waals surface area contributed by atoms with Gasteiger partial charge in [-0.15, -0.1) is 0 Å². The zero-order valence-electron chi connectivity index (χ0n) is 19.5. The van der Waals surface area contributed by atoms with Crippen molar-refractivity contribution in [2.45, 2.75) is 63.4 Å². The number of aromatic nitrogens is 2.